The molecule has 0 radical (unpaired) electrons. The van der Waals surface area contributed by atoms with Crippen LogP contribution in [0.4, 0.5) is 0 Å². The smallest absolute Gasteiger partial charge is 0.238 e. The zero-order chi connectivity index (χ0) is 14.8. The van der Waals surface area contributed by atoms with E-state index in [4.69, 9.17) is 5.14 Å². The van der Waals surface area contributed by atoms with Crippen LogP contribution < -0.4 is 15.8 Å². The number of carbonyl (C=O) groups is 1. The molecule has 1 heterocycles. The van der Waals surface area contributed by atoms with E-state index in [9.17, 15) is 13.2 Å². The Morgan fingerprint density at radius 3 is 2.55 bits per heavy atom. The molecule has 2 unspecified atom stereocenters. The molecule has 1 aliphatic heterocycles. The van der Waals surface area contributed by atoms with E-state index in [1.807, 2.05) is 6.92 Å². The van der Waals surface area contributed by atoms with Crippen LogP contribution in [0.3, 0.4) is 0 Å². The molecule has 20 heavy (non-hydrogen) atoms. The van der Waals surface area contributed by atoms with Gasteiger partial charge >= 0.3 is 0 Å². The highest BCUT2D eigenvalue weighted by Crippen LogP contribution is 2.17. The quantitative estimate of drug-likeness (QED) is 0.742. The maximum absolute atomic E-state index is 11.7. The van der Waals surface area contributed by atoms with Gasteiger partial charge in [-0.3, -0.25) is 10.1 Å². The summed E-state index contributed by atoms with van der Waals surface area (Å²) in [5.74, 6) is 0.0178. The lowest BCUT2D eigenvalue weighted by Gasteiger charge is -2.26. The number of nitrogens with two attached hydrogens (primary N) is 1. The van der Waals surface area contributed by atoms with E-state index < -0.39 is 10.0 Å². The summed E-state index contributed by atoms with van der Waals surface area (Å²) in [7, 11) is -3.67. The minimum atomic E-state index is -3.67. The number of rotatable bonds is 4. The van der Waals surface area contributed by atoms with Gasteiger partial charge in [0.2, 0.25) is 15.9 Å². The fourth-order valence-corrected chi connectivity index (χ4v) is 2.79. The molecule has 1 amide bonds. The number of nitrogens with one attached hydrogen (secondary N) is 2. The van der Waals surface area contributed by atoms with Crippen LogP contribution in [0.2, 0.25) is 0 Å². The summed E-state index contributed by atoms with van der Waals surface area (Å²) in [6.45, 7) is 2.67. The molecule has 0 aliphatic carbocycles. The zero-order valence-corrected chi connectivity index (χ0v) is 12.1. The molecule has 4 N–H and O–H groups in total. The molecule has 2 atom stereocenters. The van der Waals surface area contributed by atoms with Gasteiger partial charge in [0.05, 0.1) is 10.9 Å². The summed E-state index contributed by atoms with van der Waals surface area (Å²) in [6, 6.07) is 6.12. The number of piperidine rings is 1. The van der Waals surface area contributed by atoms with Crippen molar-refractivity contribution in [3.63, 3.8) is 0 Å². The fraction of sp³-hybridized carbons (Fsp3) is 0.462. The van der Waals surface area contributed by atoms with Crippen LogP contribution >= 0.6 is 0 Å². The summed E-state index contributed by atoms with van der Waals surface area (Å²) >= 11 is 0. The van der Waals surface area contributed by atoms with Gasteiger partial charge in [0.1, 0.15) is 0 Å². The SMILES string of the molecule is CC(NC1CCCNC1=O)c1ccc(S(N)(=O)=O)cc1. The fourth-order valence-electron chi connectivity index (χ4n) is 2.28. The van der Waals surface area contributed by atoms with Crippen molar-refractivity contribution in [2.75, 3.05) is 6.54 Å². The van der Waals surface area contributed by atoms with Gasteiger partial charge in [-0.2, -0.15) is 0 Å². The van der Waals surface area contributed by atoms with Crippen LogP contribution in [0.5, 0.6) is 0 Å². The topological polar surface area (TPSA) is 101 Å². The average molecular weight is 297 g/mol. The number of amides is 1. The minimum Gasteiger partial charge on any atom is -0.355 e. The van der Waals surface area contributed by atoms with Crippen molar-refractivity contribution in [3.8, 4) is 0 Å². The first-order chi connectivity index (χ1) is 9.38. The van der Waals surface area contributed by atoms with Gasteiger partial charge in [-0.25, -0.2) is 13.6 Å². The third-order valence-corrected chi connectivity index (χ3v) is 4.37. The first kappa shape index (κ1) is 15.0. The van der Waals surface area contributed by atoms with E-state index in [1.165, 1.54) is 12.1 Å². The average Bonchev–Trinajstić information content (AvgIpc) is 2.40. The molecular formula is C13H19N3O3S. The Kier molecular flexibility index (Phi) is 4.42. The largest absolute Gasteiger partial charge is 0.355 e. The van der Waals surface area contributed by atoms with Gasteiger partial charge in [-0.05, 0) is 37.5 Å². The van der Waals surface area contributed by atoms with Gasteiger partial charge < -0.3 is 5.32 Å². The van der Waals surface area contributed by atoms with E-state index in [0.717, 1.165) is 24.9 Å². The number of hydrogen-bond acceptors (Lipinski definition) is 4. The highest BCUT2D eigenvalue weighted by atomic mass is 32.2. The monoisotopic (exact) mass is 297 g/mol. The Hall–Kier alpha value is -1.44. The van der Waals surface area contributed by atoms with E-state index >= 15 is 0 Å². The number of hydrogen-bond donors (Lipinski definition) is 3. The highest BCUT2D eigenvalue weighted by molar-refractivity contribution is 7.89. The molecule has 110 valence electrons. The molecule has 0 aromatic heterocycles. The first-order valence-electron chi connectivity index (χ1n) is 6.54. The summed E-state index contributed by atoms with van der Waals surface area (Å²) in [6.07, 6.45) is 1.77. The van der Waals surface area contributed by atoms with Gasteiger partial charge in [0.15, 0.2) is 0 Å². The third kappa shape index (κ3) is 3.56. The van der Waals surface area contributed by atoms with Crippen molar-refractivity contribution in [1.29, 1.82) is 0 Å². The van der Waals surface area contributed by atoms with Gasteiger partial charge in [0.25, 0.3) is 0 Å². The number of primary sulfonamides is 1. The lowest BCUT2D eigenvalue weighted by Crippen LogP contribution is -2.48. The molecule has 7 heteroatoms. The summed E-state index contributed by atoms with van der Waals surface area (Å²) < 4.78 is 22.4. The van der Waals surface area contributed by atoms with Gasteiger partial charge in [0, 0.05) is 12.6 Å². The van der Waals surface area contributed by atoms with Crippen molar-refractivity contribution in [2.24, 2.45) is 5.14 Å². The van der Waals surface area contributed by atoms with Gasteiger partial charge in [-0.15, -0.1) is 0 Å². The second-order valence-electron chi connectivity index (χ2n) is 4.99. The Morgan fingerprint density at radius 2 is 2.00 bits per heavy atom. The molecule has 1 saturated heterocycles. The third-order valence-electron chi connectivity index (χ3n) is 3.45. The molecule has 1 aromatic carbocycles. The predicted molar refractivity (Wildman–Crippen MR) is 75.4 cm³/mol. The van der Waals surface area contributed by atoms with Crippen molar-refractivity contribution in [1.82, 2.24) is 10.6 Å². The van der Waals surface area contributed by atoms with E-state index in [-0.39, 0.29) is 22.9 Å². The van der Waals surface area contributed by atoms with Crippen LogP contribution in [0.1, 0.15) is 31.4 Å². The van der Waals surface area contributed by atoms with Crippen LogP contribution in [-0.2, 0) is 14.8 Å². The molecule has 0 bridgehead atoms. The second-order valence-corrected chi connectivity index (χ2v) is 6.55. The number of sulfonamides is 1. The first-order valence-corrected chi connectivity index (χ1v) is 8.09. The van der Waals surface area contributed by atoms with E-state index in [1.54, 1.807) is 12.1 Å². The molecule has 0 saturated carbocycles. The van der Waals surface area contributed by atoms with Crippen LogP contribution in [0.15, 0.2) is 29.2 Å². The summed E-state index contributed by atoms with van der Waals surface area (Å²) in [5, 5.41) is 11.1. The Labute approximate surface area is 118 Å². The zero-order valence-electron chi connectivity index (χ0n) is 11.3. The lowest BCUT2D eigenvalue weighted by atomic mass is 10.0. The van der Waals surface area contributed by atoms with Crippen LogP contribution in [0.25, 0.3) is 0 Å². The highest BCUT2D eigenvalue weighted by Gasteiger charge is 2.23. The standard InChI is InChI=1S/C13H19N3O3S/c1-9(16-12-3-2-8-15-13(12)17)10-4-6-11(7-5-10)20(14,18)19/h4-7,9,12,16H,2-3,8H2,1H3,(H,15,17)(H2,14,18,19). The predicted octanol–water partition coefficient (Wildman–Crippen LogP) is 0.263. The Morgan fingerprint density at radius 1 is 1.35 bits per heavy atom. The normalized spacial score (nSPS) is 21.3. The van der Waals surface area contributed by atoms with Crippen molar-refractivity contribution in [3.05, 3.63) is 29.8 Å². The van der Waals surface area contributed by atoms with Gasteiger partial charge in [-0.1, -0.05) is 12.1 Å². The van der Waals surface area contributed by atoms with E-state index in [0.29, 0.717) is 0 Å². The van der Waals surface area contributed by atoms with Crippen molar-refractivity contribution in [2.45, 2.75) is 36.7 Å². The van der Waals surface area contributed by atoms with Crippen LogP contribution in [0, 0.1) is 0 Å². The van der Waals surface area contributed by atoms with Crippen molar-refractivity contribution >= 4 is 15.9 Å². The second kappa shape index (κ2) is 5.90. The van der Waals surface area contributed by atoms with E-state index in [2.05, 4.69) is 10.6 Å². The summed E-state index contributed by atoms with van der Waals surface area (Å²) in [4.78, 5) is 11.8. The molecule has 1 fully saturated rings. The molecule has 6 nitrogen and oxygen atoms in total. The van der Waals surface area contributed by atoms with Crippen molar-refractivity contribution < 1.29 is 13.2 Å². The number of benzene rings is 1. The molecule has 1 aliphatic rings. The molecular weight excluding hydrogens is 278 g/mol. The maximum Gasteiger partial charge on any atom is 0.238 e. The Bertz CT molecular complexity index is 583. The number of carbonyl (C=O) groups excluding carboxylic acids is 1. The molecule has 0 spiro atoms. The lowest BCUT2D eigenvalue weighted by molar-refractivity contribution is -0.124. The molecule has 2 rings (SSSR count). The Balaban J connectivity index is 2.05. The summed E-state index contributed by atoms with van der Waals surface area (Å²) in [5.41, 5.74) is 0.913. The minimum absolute atomic E-state index is 0.0178. The maximum atomic E-state index is 11.7. The molecule has 1 aromatic rings. The van der Waals surface area contributed by atoms with Crippen LogP contribution in [-0.4, -0.2) is 26.9 Å².